The largest absolute Gasteiger partial charge is 0.490 e. The van der Waals surface area contributed by atoms with Gasteiger partial charge in [-0.3, -0.25) is 0 Å². The molecule has 0 atom stereocenters. The summed E-state index contributed by atoms with van der Waals surface area (Å²) in [5, 5.41) is 0. The first-order valence-corrected chi connectivity index (χ1v) is 18.0. The molecular formula is C38H46Br2N2O2. The Morgan fingerprint density at radius 3 is 1.41 bits per heavy atom. The van der Waals surface area contributed by atoms with Crippen LogP contribution in [0, 0.1) is 0 Å². The maximum absolute atomic E-state index is 6.38. The summed E-state index contributed by atoms with van der Waals surface area (Å²) in [4.78, 5) is 10.1. The van der Waals surface area contributed by atoms with Gasteiger partial charge in [0.25, 0.3) is 0 Å². The lowest BCUT2D eigenvalue weighted by Crippen LogP contribution is -2.04. The molecule has 0 spiro atoms. The maximum Gasteiger partial charge on any atom is 0.161 e. The van der Waals surface area contributed by atoms with Crippen molar-refractivity contribution in [1.29, 1.82) is 0 Å². The molecule has 0 aliphatic carbocycles. The summed E-state index contributed by atoms with van der Waals surface area (Å²) < 4.78 is 14.7. The second-order valence-electron chi connectivity index (χ2n) is 11.4. The highest BCUT2D eigenvalue weighted by Crippen LogP contribution is 2.34. The zero-order valence-corrected chi connectivity index (χ0v) is 29.5. The Morgan fingerprint density at radius 1 is 0.477 bits per heavy atom. The summed E-state index contributed by atoms with van der Waals surface area (Å²) in [6.07, 6.45) is 14.7. The average Bonchev–Trinajstić information content (AvgIpc) is 3.05. The van der Waals surface area contributed by atoms with Crippen LogP contribution in [-0.2, 0) is 0 Å². The van der Waals surface area contributed by atoms with Crippen LogP contribution in [0.2, 0.25) is 0 Å². The van der Waals surface area contributed by atoms with Crippen LogP contribution >= 0.6 is 31.9 Å². The van der Waals surface area contributed by atoms with Crippen molar-refractivity contribution in [2.45, 2.75) is 90.9 Å². The highest BCUT2D eigenvalue weighted by Gasteiger charge is 2.14. The SMILES string of the molecule is CCCCCCCCOc1ccc(-c2nc(-c3ccc(Br)cc3)cc(-c3ccc(Br)cc3)n2)cc1OCCCCCCCC. The van der Waals surface area contributed by atoms with Gasteiger partial charge in [0.1, 0.15) is 0 Å². The van der Waals surface area contributed by atoms with Crippen LogP contribution in [0.25, 0.3) is 33.9 Å². The normalized spacial score (nSPS) is 11.1. The van der Waals surface area contributed by atoms with E-state index < -0.39 is 0 Å². The third-order valence-corrected chi connectivity index (χ3v) is 8.78. The molecule has 0 fully saturated rings. The van der Waals surface area contributed by atoms with E-state index in [-0.39, 0.29) is 0 Å². The van der Waals surface area contributed by atoms with Gasteiger partial charge in [-0.25, -0.2) is 9.97 Å². The Hall–Kier alpha value is -2.70. The number of rotatable bonds is 19. The fourth-order valence-electron chi connectivity index (χ4n) is 5.12. The van der Waals surface area contributed by atoms with Crippen LogP contribution in [0.3, 0.4) is 0 Å². The predicted molar refractivity (Wildman–Crippen MR) is 191 cm³/mol. The third-order valence-electron chi connectivity index (χ3n) is 7.72. The van der Waals surface area contributed by atoms with Gasteiger partial charge in [0.05, 0.1) is 24.6 Å². The summed E-state index contributed by atoms with van der Waals surface area (Å²) in [5.41, 5.74) is 4.73. The van der Waals surface area contributed by atoms with E-state index in [1.807, 2.05) is 30.3 Å². The molecule has 1 aromatic heterocycles. The molecular weight excluding hydrogens is 676 g/mol. The molecule has 0 amide bonds. The topological polar surface area (TPSA) is 44.2 Å². The van der Waals surface area contributed by atoms with Gasteiger partial charge in [-0.1, -0.05) is 134 Å². The van der Waals surface area contributed by atoms with E-state index in [0.29, 0.717) is 19.0 Å². The van der Waals surface area contributed by atoms with Crippen molar-refractivity contribution in [1.82, 2.24) is 9.97 Å². The van der Waals surface area contributed by atoms with Gasteiger partial charge in [-0.15, -0.1) is 0 Å². The van der Waals surface area contributed by atoms with E-state index in [1.54, 1.807) is 0 Å². The molecule has 0 saturated heterocycles. The molecule has 4 nitrogen and oxygen atoms in total. The summed E-state index contributed by atoms with van der Waals surface area (Å²) in [6, 6.07) is 24.7. The van der Waals surface area contributed by atoms with Crippen LogP contribution in [0.5, 0.6) is 11.5 Å². The lowest BCUT2D eigenvalue weighted by Gasteiger charge is -2.15. The molecule has 4 aromatic rings. The quantitative estimate of drug-likeness (QED) is 0.0904. The van der Waals surface area contributed by atoms with Crippen molar-refractivity contribution >= 4 is 31.9 Å². The first kappa shape index (κ1) is 34.2. The van der Waals surface area contributed by atoms with Crippen LogP contribution < -0.4 is 9.47 Å². The number of unbranched alkanes of at least 4 members (excludes halogenated alkanes) is 10. The molecule has 0 unspecified atom stereocenters. The van der Waals surface area contributed by atoms with Crippen molar-refractivity contribution in [3.63, 3.8) is 0 Å². The Morgan fingerprint density at radius 2 is 0.909 bits per heavy atom. The van der Waals surface area contributed by atoms with Crippen molar-refractivity contribution in [2.24, 2.45) is 0 Å². The van der Waals surface area contributed by atoms with Gasteiger partial charge in [-0.2, -0.15) is 0 Å². The van der Waals surface area contributed by atoms with Crippen LogP contribution in [-0.4, -0.2) is 23.2 Å². The average molecular weight is 723 g/mol. The predicted octanol–water partition coefficient (Wildman–Crippen LogP) is 12.5. The van der Waals surface area contributed by atoms with Gasteiger partial charge in [0, 0.05) is 25.6 Å². The van der Waals surface area contributed by atoms with Gasteiger partial charge >= 0.3 is 0 Å². The zero-order valence-electron chi connectivity index (χ0n) is 26.3. The van der Waals surface area contributed by atoms with Crippen molar-refractivity contribution in [3.05, 3.63) is 81.7 Å². The third kappa shape index (κ3) is 11.0. The second kappa shape index (κ2) is 19.0. The van der Waals surface area contributed by atoms with Gasteiger partial charge in [0.15, 0.2) is 17.3 Å². The minimum absolute atomic E-state index is 0.662. The molecule has 1 heterocycles. The molecule has 0 aliphatic heterocycles. The van der Waals surface area contributed by atoms with Crippen molar-refractivity contribution < 1.29 is 9.47 Å². The standard InChI is InChI=1S/C38H46Br2N2O2/c1-3-5-7-9-11-13-25-43-36-24-19-31(27-37(36)44-26-14-12-10-8-6-4-2)38-41-34(29-15-20-32(39)21-16-29)28-35(42-38)30-17-22-33(40)23-18-30/h15-24,27-28H,3-14,25-26H2,1-2H3. The van der Waals surface area contributed by atoms with E-state index in [9.17, 15) is 0 Å². The van der Waals surface area contributed by atoms with Gasteiger partial charge < -0.3 is 9.47 Å². The molecule has 234 valence electrons. The Bertz CT molecular complexity index is 1340. The molecule has 0 N–H and O–H groups in total. The fourth-order valence-corrected chi connectivity index (χ4v) is 5.65. The molecule has 3 aromatic carbocycles. The van der Waals surface area contributed by atoms with E-state index in [1.165, 1.54) is 64.2 Å². The summed E-state index contributed by atoms with van der Waals surface area (Å²) in [6.45, 7) is 5.88. The number of hydrogen-bond donors (Lipinski definition) is 0. The number of ether oxygens (including phenoxy) is 2. The van der Waals surface area contributed by atoms with Crippen LogP contribution in [0.4, 0.5) is 0 Å². The first-order chi connectivity index (χ1) is 21.6. The number of benzene rings is 3. The van der Waals surface area contributed by atoms with Gasteiger partial charge in [-0.05, 0) is 61.4 Å². The Labute approximate surface area is 281 Å². The number of nitrogens with zero attached hydrogens (tertiary/aromatic N) is 2. The van der Waals surface area contributed by atoms with E-state index >= 15 is 0 Å². The Balaban J connectivity index is 1.59. The molecule has 0 saturated carbocycles. The number of aromatic nitrogens is 2. The summed E-state index contributed by atoms with van der Waals surface area (Å²) in [7, 11) is 0. The zero-order chi connectivity index (χ0) is 31.0. The monoisotopic (exact) mass is 720 g/mol. The molecule has 0 aliphatic rings. The first-order valence-electron chi connectivity index (χ1n) is 16.4. The second-order valence-corrected chi connectivity index (χ2v) is 13.2. The number of hydrogen-bond acceptors (Lipinski definition) is 4. The Kier molecular flexibility index (Phi) is 14.7. The fraction of sp³-hybridized carbons (Fsp3) is 0.421. The maximum atomic E-state index is 6.38. The van der Waals surface area contributed by atoms with Gasteiger partial charge in [0.2, 0.25) is 0 Å². The molecule has 4 rings (SSSR count). The summed E-state index contributed by atoms with van der Waals surface area (Å²) in [5.74, 6) is 2.23. The minimum Gasteiger partial charge on any atom is -0.490 e. The van der Waals surface area contributed by atoms with Crippen LogP contribution in [0.15, 0.2) is 81.7 Å². The molecule has 0 bridgehead atoms. The van der Waals surface area contributed by atoms with E-state index in [4.69, 9.17) is 19.4 Å². The summed E-state index contributed by atoms with van der Waals surface area (Å²) >= 11 is 7.11. The molecule has 44 heavy (non-hydrogen) atoms. The van der Waals surface area contributed by atoms with Crippen molar-refractivity contribution in [3.8, 4) is 45.4 Å². The molecule has 0 radical (unpaired) electrons. The smallest absolute Gasteiger partial charge is 0.161 e. The van der Waals surface area contributed by atoms with Crippen LogP contribution in [0.1, 0.15) is 90.9 Å². The van der Waals surface area contributed by atoms with E-state index in [2.05, 4.69) is 88.2 Å². The lowest BCUT2D eigenvalue weighted by atomic mass is 10.1. The number of halogens is 2. The minimum atomic E-state index is 0.662. The highest BCUT2D eigenvalue weighted by molar-refractivity contribution is 9.10. The lowest BCUT2D eigenvalue weighted by molar-refractivity contribution is 0.258. The van der Waals surface area contributed by atoms with Crippen molar-refractivity contribution in [2.75, 3.05) is 13.2 Å². The molecule has 6 heteroatoms. The van der Waals surface area contributed by atoms with E-state index in [0.717, 1.165) is 61.4 Å². The highest BCUT2D eigenvalue weighted by atomic mass is 79.9.